The molecule has 0 saturated heterocycles. The first-order chi connectivity index (χ1) is 14.6. The van der Waals surface area contributed by atoms with Crippen molar-refractivity contribution in [2.24, 2.45) is 0 Å². The van der Waals surface area contributed by atoms with Gasteiger partial charge >= 0.3 is 0 Å². The Balaban J connectivity index is 1.43. The van der Waals surface area contributed by atoms with Crippen molar-refractivity contribution in [3.05, 3.63) is 70.4 Å². The van der Waals surface area contributed by atoms with Gasteiger partial charge in [0.2, 0.25) is 11.8 Å². The molecule has 6 nitrogen and oxygen atoms in total. The van der Waals surface area contributed by atoms with Gasteiger partial charge in [-0.05, 0) is 29.7 Å². The number of hydrogen-bond donors (Lipinski definition) is 1. The zero-order valence-electron chi connectivity index (χ0n) is 15.8. The predicted octanol–water partition coefficient (Wildman–Crippen LogP) is 5.66. The third kappa shape index (κ3) is 4.70. The quantitative estimate of drug-likeness (QED) is 0.383. The van der Waals surface area contributed by atoms with Crippen LogP contribution in [-0.4, -0.2) is 21.8 Å². The zero-order valence-corrected chi connectivity index (χ0v) is 18.3. The molecule has 0 bridgehead atoms. The molecule has 30 heavy (non-hydrogen) atoms. The van der Waals surface area contributed by atoms with E-state index in [1.54, 1.807) is 27.7 Å². The van der Waals surface area contributed by atoms with Crippen molar-refractivity contribution in [2.75, 3.05) is 10.2 Å². The van der Waals surface area contributed by atoms with Crippen LogP contribution in [0.2, 0.25) is 0 Å². The monoisotopic (exact) mass is 452 g/mol. The second-order valence-corrected chi connectivity index (χ2v) is 8.73. The van der Waals surface area contributed by atoms with E-state index in [2.05, 4.69) is 15.3 Å². The first-order valence-electron chi connectivity index (χ1n) is 8.90. The molecule has 150 valence electrons. The summed E-state index contributed by atoms with van der Waals surface area (Å²) in [5, 5.41) is 9.56. The Hall–Kier alpha value is -3.14. The summed E-state index contributed by atoms with van der Waals surface area (Å²) in [6, 6.07) is 13.3. The fourth-order valence-corrected chi connectivity index (χ4v) is 4.97. The molecule has 0 saturated carbocycles. The van der Waals surface area contributed by atoms with Gasteiger partial charge in [0.05, 0.1) is 22.0 Å². The minimum absolute atomic E-state index is 0.130. The van der Waals surface area contributed by atoms with Crippen LogP contribution in [0.15, 0.2) is 64.7 Å². The van der Waals surface area contributed by atoms with Crippen molar-refractivity contribution < 1.29 is 9.59 Å². The van der Waals surface area contributed by atoms with Crippen LogP contribution < -0.4 is 10.2 Å². The summed E-state index contributed by atoms with van der Waals surface area (Å²) in [6.07, 6.45) is 3.03. The summed E-state index contributed by atoms with van der Waals surface area (Å²) in [4.78, 5) is 35.9. The molecule has 0 spiro atoms. The minimum Gasteiger partial charge on any atom is -0.298 e. The SMILES string of the molecule is CC(=O)N(c1ccccc1)c1nc(/C=C/C(=O)Nc2nc(-c3cccs3)cs2)cs1. The number of nitrogens with one attached hydrogen (secondary N) is 1. The number of carbonyl (C=O) groups is 2. The molecule has 2 amide bonds. The van der Waals surface area contributed by atoms with E-state index in [1.807, 2.05) is 53.2 Å². The van der Waals surface area contributed by atoms with Crippen LogP contribution in [0, 0.1) is 0 Å². The number of benzene rings is 1. The van der Waals surface area contributed by atoms with Crippen molar-refractivity contribution in [1.29, 1.82) is 0 Å². The van der Waals surface area contributed by atoms with Crippen molar-refractivity contribution in [3.8, 4) is 10.6 Å². The molecule has 0 unspecified atom stereocenters. The Bertz CT molecular complexity index is 1180. The van der Waals surface area contributed by atoms with E-state index < -0.39 is 0 Å². The topological polar surface area (TPSA) is 75.2 Å². The number of hydrogen-bond acceptors (Lipinski definition) is 7. The highest BCUT2D eigenvalue weighted by Crippen LogP contribution is 2.30. The van der Waals surface area contributed by atoms with Gasteiger partial charge in [0.1, 0.15) is 0 Å². The zero-order chi connectivity index (χ0) is 20.9. The smallest absolute Gasteiger partial charge is 0.250 e. The lowest BCUT2D eigenvalue weighted by Gasteiger charge is -2.17. The number of thiophene rings is 1. The van der Waals surface area contributed by atoms with E-state index in [0.717, 1.165) is 16.3 Å². The molecule has 9 heteroatoms. The number of carbonyl (C=O) groups excluding carboxylic acids is 2. The van der Waals surface area contributed by atoms with E-state index >= 15 is 0 Å². The van der Waals surface area contributed by atoms with Gasteiger partial charge in [0.25, 0.3) is 0 Å². The molecule has 0 radical (unpaired) electrons. The van der Waals surface area contributed by atoms with Crippen LogP contribution in [-0.2, 0) is 9.59 Å². The number of para-hydroxylation sites is 1. The van der Waals surface area contributed by atoms with E-state index in [4.69, 9.17) is 0 Å². The summed E-state index contributed by atoms with van der Waals surface area (Å²) in [5.41, 5.74) is 2.20. The second-order valence-electron chi connectivity index (χ2n) is 6.08. The molecular formula is C21H16N4O2S3. The van der Waals surface area contributed by atoms with E-state index in [0.29, 0.717) is 16.0 Å². The maximum atomic E-state index is 12.2. The first-order valence-corrected chi connectivity index (χ1v) is 11.5. The number of aromatic nitrogens is 2. The molecule has 4 aromatic rings. The summed E-state index contributed by atoms with van der Waals surface area (Å²) in [7, 11) is 0. The van der Waals surface area contributed by atoms with Crippen LogP contribution in [0.25, 0.3) is 16.6 Å². The maximum Gasteiger partial charge on any atom is 0.250 e. The average molecular weight is 453 g/mol. The van der Waals surface area contributed by atoms with Crippen LogP contribution in [0.1, 0.15) is 12.6 Å². The number of anilines is 3. The Kier molecular flexibility index (Phi) is 6.12. The van der Waals surface area contributed by atoms with E-state index in [9.17, 15) is 9.59 Å². The Morgan fingerprint density at radius 3 is 2.57 bits per heavy atom. The number of rotatable bonds is 6. The van der Waals surface area contributed by atoms with Gasteiger partial charge in [-0.3, -0.25) is 19.8 Å². The summed E-state index contributed by atoms with van der Waals surface area (Å²) in [5.74, 6) is -0.419. The lowest BCUT2D eigenvalue weighted by Crippen LogP contribution is -2.22. The normalized spacial score (nSPS) is 11.0. The highest BCUT2D eigenvalue weighted by atomic mass is 32.1. The Morgan fingerprint density at radius 1 is 1.00 bits per heavy atom. The van der Waals surface area contributed by atoms with Gasteiger partial charge in [-0.1, -0.05) is 24.3 Å². The number of nitrogens with zero attached hydrogens (tertiary/aromatic N) is 3. The molecular weight excluding hydrogens is 436 g/mol. The van der Waals surface area contributed by atoms with Crippen LogP contribution in [0.4, 0.5) is 16.0 Å². The molecule has 1 aromatic carbocycles. The van der Waals surface area contributed by atoms with Gasteiger partial charge < -0.3 is 0 Å². The van der Waals surface area contributed by atoms with E-state index in [-0.39, 0.29) is 11.8 Å². The molecule has 0 atom stereocenters. The third-order valence-corrected chi connectivity index (χ3v) is 6.44. The molecule has 0 aliphatic rings. The van der Waals surface area contributed by atoms with Crippen molar-refractivity contribution in [3.63, 3.8) is 0 Å². The molecule has 4 rings (SSSR count). The molecule has 0 aliphatic carbocycles. The third-order valence-electron chi connectivity index (χ3n) is 3.94. The lowest BCUT2D eigenvalue weighted by atomic mass is 10.3. The average Bonchev–Trinajstić information content (AvgIpc) is 3.49. The maximum absolute atomic E-state index is 12.2. The van der Waals surface area contributed by atoms with Gasteiger partial charge in [0, 0.05) is 23.8 Å². The Morgan fingerprint density at radius 2 is 1.83 bits per heavy atom. The lowest BCUT2D eigenvalue weighted by molar-refractivity contribution is -0.116. The minimum atomic E-state index is -0.289. The van der Waals surface area contributed by atoms with Gasteiger partial charge in [-0.2, -0.15) is 0 Å². The van der Waals surface area contributed by atoms with Gasteiger partial charge in [-0.25, -0.2) is 9.97 Å². The molecule has 0 fully saturated rings. The predicted molar refractivity (Wildman–Crippen MR) is 124 cm³/mol. The van der Waals surface area contributed by atoms with E-state index in [1.165, 1.54) is 35.7 Å². The van der Waals surface area contributed by atoms with Crippen molar-refractivity contribution in [1.82, 2.24) is 9.97 Å². The van der Waals surface area contributed by atoms with Crippen LogP contribution in [0.5, 0.6) is 0 Å². The molecule has 3 aromatic heterocycles. The summed E-state index contributed by atoms with van der Waals surface area (Å²) >= 11 is 4.32. The summed E-state index contributed by atoms with van der Waals surface area (Å²) in [6.45, 7) is 1.50. The molecule has 3 heterocycles. The Labute approximate surface area is 185 Å². The molecule has 1 N–H and O–H groups in total. The van der Waals surface area contributed by atoms with Gasteiger partial charge in [-0.15, -0.1) is 34.0 Å². The highest BCUT2D eigenvalue weighted by Gasteiger charge is 2.17. The second kappa shape index (κ2) is 9.12. The number of thiazole rings is 2. The molecule has 0 aliphatic heterocycles. The largest absolute Gasteiger partial charge is 0.298 e. The first kappa shape index (κ1) is 20.1. The van der Waals surface area contributed by atoms with Crippen LogP contribution >= 0.6 is 34.0 Å². The van der Waals surface area contributed by atoms with Crippen molar-refractivity contribution in [2.45, 2.75) is 6.92 Å². The standard InChI is InChI=1S/C21H16N4O2S3/c1-14(26)25(16-6-3-2-4-7-16)21-22-15(12-30-21)9-10-19(27)24-20-23-17(13-29-20)18-8-5-11-28-18/h2-13H,1H3,(H,23,24,27)/b10-9+. The fourth-order valence-electron chi connectivity index (χ4n) is 2.64. The fraction of sp³-hybridized carbons (Fsp3) is 0.0476. The van der Waals surface area contributed by atoms with Crippen LogP contribution in [0.3, 0.4) is 0 Å². The van der Waals surface area contributed by atoms with Crippen molar-refractivity contribution >= 4 is 67.9 Å². The number of amides is 2. The van der Waals surface area contributed by atoms with Gasteiger partial charge in [0.15, 0.2) is 10.3 Å². The summed E-state index contributed by atoms with van der Waals surface area (Å²) < 4.78 is 0. The highest BCUT2D eigenvalue weighted by molar-refractivity contribution is 7.16.